The molecule has 0 unspecified atom stereocenters. The zero-order valence-electron chi connectivity index (χ0n) is 17.2. The van der Waals surface area contributed by atoms with Crippen molar-refractivity contribution >= 4 is 5.96 Å². The van der Waals surface area contributed by atoms with E-state index in [1.165, 1.54) is 19.3 Å². The van der Waals surface area contributed by atoms with Gasteiger partial charge in [0.25, 0.3) is 0 Å². The molecule has 1 fully saturated rings. The second kappa shape index (κ2) is 12.1. The average Bonchev–Trinajstić information content (AvgIpc) is 3.27. The van der Waals surface area contributed by atoms with Crippen molar-refractivity contribution in [3.05, 3.63) is 48.0 Å². The molecule has 2 heterocycles. The first kappa shape index (κ1) is 21.2. The van der Waals surface area contributed by atoms with Crippen molar-refractivity contribution in [2.75, 3.05) is 20.2 Å². The van der Waals surface area contributed by atoms with Gasteiger partial charge in [0.2, 0.25) is 5.88 Å². The predicted molar refractivity (Wildman–Crippen MR) is 113 cm³/mol. The van der Waals surface area contributed by atoms with Gasteiger partial charge >= 0.3 is 0 Å². The molecule has 2 aromatic heterocycles. The van der Waals surface area contributed by atoms with Gasteiger partial charge in [-0.25, -0.2) is 4.98 Å². The van der Waals surface area contributed by atoms with E-state index in [0.29, 0.717) is 31.7 Å². The van der Waals surface area contributed by atoms with Crippen LogP contribution in [0.3, 0.4) is 0 Å². The molecule has 2 N–H and O–H groups in total. The minimum atomic E-state index is 0.309. The second-order valence-corrected chi connectivity index (χ2v) is 7.22. The summed E-state index contributed by atoms with van der Waals surface area (Å²) in [5, 5.41) is 6.63. The van der Waals surface area contributed by atoms with Crippen LogP contribution in [0, 0.1) is 0 Å². The smallest absolute Gasteiger partial charge is 0.213 e. The highest BCUT2D eigenvalue weighted by Gasteiger charge is 2.15. The molecule has 1 saturated carbocycles. The molecule has 1 aliphatic rings. The van der Waals surface area contributed by atoms with E-state index in [4.69, 9.17) is 13.9 Å². The highest BCUT2D eigenvalue weighted by atomic mass is 16.5. The lowest BCUT2D eigenvalue weighted by Gasteiger charge is -2.22. The number of ether oxygens (including phenoxy) is 2. The fourth-order valence-corrected chi connectivity index (χ4v) is 3.33. The van der Waals surface area contributed by atoms with Gasteiger partial charge in [0.15, 0.2) is 5.96 Å². The summed E-state index contributed by atoms with van der Waals surface area (Å²) in [4.78, 5) is 8.63. The van der Waals surface area contributed by atoms with E-state index >= 15 is 0 Å². The van der Waals surface area contributed by atoms with Crippen LogP contribution < -0.4 is 15.4 Å². The number of nitrogens with one attached hydrogen (secondary N) is 2. The average molecular weight is 401 g/mol. The topological polar surface area (TPSA) is 80.9 Å². The lowest BCUT2D eigenvalue weighted by Crippen LogP contribution is -2.37. The van der Waals surface area contributed by atoms with Crippen LogP contribution in [-0.2, 0) is 17.9 Å². The Morgan fingerprint density at radius 1 is 1.24 bits per heavy atom. The highest BCUT2D eigenvalue weighted by Crippen LogP contribution is 2.22. The van der Waals surface area contributed by atoms with Crippen LogP contribution in [0.15, 0.2) is 46.1 Å². The summed E-state index contributed by atoms with van der Waals surface area (Å²) in [5.74, 6) is 2.33. The molecule has 158 valence electrons. The number of nitrogens with zero attached hydrogens (tertiary/aromatic N) is 2. The first-order chi connectivity index (χ1) is 14.3. The molecule has 1 aliphatic carbocycles. The monoisotopic (exact) mass is 400 g/mol. The molecule has 0 radical (unpaired) electrons. The van der Waals surface area contributed by atoms with Crippen LogP contribution in [0.1, 0.15) is 49.8 Å². The van der Waals surface area contributed by atoms with Gasteiger partial charge in [-0.1, -0.05) is 6.42 Å². The third-order valence-electron chi connectivity index (χ3n) is 4.90. The summed E-state index contributed by atoms with van der Waals surface area (Å²) >= 11 is 0. The van der Waals surface area contributed by atoms with Gasteiger partial charge in [-0.05, 0) is 55.9 Å². The fourth-order valence-electron chi connectivity index (χ4n) is 3.33. The summed E-state index contributed by atoms with van der Waals surface area (Å²) in [7, 11) is 1.77. The Balaban J connectivity index is 1.32. The Bertz CT molecular complexity index is 727. The standard InChI is InChI=1S/C22H32N4O3/c1-23-22(25-11-6-13-27-17-20-9-5-14-28-20)26-16-18-10-12-24-21(15-18)29-19-7-3-2-4-8-19/h5,9-10,12,14-15,19H,2-4,6-8,11,13,16-17H2,1H3,(H2,23,25,26). The second-order valence-electron chi connectivity index (χ2n) is 7.22. The Labute approximate surface area is 172 Å². The summed E-state index contributed by atoms with van der Waals surface area (Å²) < 4.78 is 16.9. The Kier molecular flexibility index (Phi) is 8.85. The zero-order chi connectivity index (χ0) is 20.2. The van der Waals surface area contributed by atoms with E-state index < -0.39 is 0 Å². The molecule has 0 spiro atoms. The number of hydrogen-bond donors (Lipinski definition) is 2. The van der Waals surface area contributed by atoms with E-state index in [9.17, 15) is 0 Å². The lowest BCUT2D eigenvalue weighted by molar-refractivity contribution is 0.105. The largest absolute Gasteiger partial charge is 0.474 e. The van der Waals surface area contributed by atoms with Crippen molar-refractivity contribution in [3.8, 4) is 5.88 Å². The third-order valence-corrected chi connectivity index (χ3v) is 4.90. The minimum absolute atomic E-state index is 0.309. The number of rotatable bonds is 10. The summed E-state index contributed by atoms with van der Waals surface area (Å²) in [6.07, 6.45) is 10.7. The summed E-state index contributed by atoms with van der Waals surface area (Å²) in [5.41, 5.74) is 1.12. The van der Waals surface area contributed by atoms with Crippen molar-refractivity contribution in [2.45, 2.75) is 57.8 Å². The molecule has 0 bridgehead atoms. The molecule has 0 saturated heterocycles. The van der Waals surface area contributed by atoms with E-state index in [1.807, 2.05) is 30.5 Å². The van der Waals surface area contributed by atoms with E-state index in [0.717, 1.165) is 43.1 Å². The third kappa shape index (κ3) is 7.77. The highest BCUT2D eigenvalue weighted by molar-refractivity contribution is 5.79. The van der Waals surface area contributed by atoms with Crippen LogP contribution in [0.4, 0.5) is 0 Å². The van der Waals surface area contributed by atoms with Gasteiger partial charge in [-0.2, -0.15) is 0 Å². The predicted octanol–water partition coefficient (Wildman–Crippen LogP) is 3.66. The number of pyridine rings is 1. The molecule has 0 atom stereocenters. The van der Waals surface area contributed by atoms with E-state index in [-0.39, 0.29) is 0 Å². The van der Waals surface area contributed by atoms with Crippen LogP contribution in [0.25, 0.3) is 0 Å². The van der Waals surface area contributed by atoms with E-state index in [1.54, 1.807) is 13.3 Å². The summed E-state index contributed by atoms with van der Waals surface area (Å²) in [6, 6.07) is 7.78. The van der Waals surface area contributed by atoms with Gasteiger partial charge in [-0.15, -0.1) is 0 Å². The van der Waals surface area contributed by atoms with Crippen LogP contribution in [0.5, 0.6) is 5.88 Å². The molecular formula is C22H32N4O3. The number of furan rings is 1. The molecular weight excluding hydrogens is 368 g/mol. The molecule has 7 nitrogen and oxygen atoms in total. The van der Waals surface area contributed by atoms with E-state index in [2.05, 4.69) is 20.6 Å². The summed E-state index contributed by atoms with van der Waals surface area (Å²) in [6.45, 7) is 2.62. The Morgan fingerprint density at radius 3 is 2.93 bits per heavy atom. The molecule has 2 aromatic rings. The maximum atomic E-state index is 6.05. The van der Waals surface area contributed by atoms with Gasteiger partial charge < -0.3 is 24.5 Å². The first-order valence-electron chi connectivity index (χ1n) is 10.5. The van der Waals surface area contributed by atoms with Crippen molar-refractivity contribution in [2.24, 2.45) is 4.99 Å². The quantitative estimate of drug-likeness (QED) is 0.360. The Hall–Kier alpha value is -2.54. The van der Waals surface area contributed by atoms with Crippen LogP contribution >= 0.6 is 0 Å². The van der Waals surface area contributed by atoms with Crippen molar-refractivity contribution in [1.29, 1.82) is 0 Å². The SMILES string of the molecule is CN=C(NCCCOCc1ccco1)NCc1ccnc(OC2CCCCC2)c1. The number of aromatic nitrogens is 1. The van der Waals surface area contributed by atoms with Gasteiger partial charge in [-0.3, -0.25) is 4.99 Å². The first-order valence-corrected chi connectivity index (χ1v) is 10.5. The Morgan fingerprint density at radius 2 is 2.14 bits per heavy atom. The lowest BCUT2D eigenvalue weighted by atomic mass is 9.98. The molecule has 29 heavy (non-hydrogen) atoms. The fraction of sp³-hybridized carbons (Fsp3) is 0.545. The minimum Gasteiger partial charge on any atom is -0.474 e. The van der Waals surface area contributed by atoms with Gasteiger partial charge in [0, 0.05) is 39.0 Å². The van der Waals surface area contributed by atoms with Gasteiger partial charge in [0.05, 0.1) is 6.26 Å². The zero-order valence-corrected chi connectivity index (χ0v) is 17.2. The maximum Gasteiger partial charge on any atom is 0.213 e. The number of aliphatic imine (C=N–C) groups is 1. The van der Waals surface area contributed by atoms with Crippen molar-refractivity contribution < 1.29 is 13.9 Å². The molecule has 0 amide bonds. The van der Waals surface area contributed by atoms with Gasteiger partial charge in [0.1, 0.15) is 18.5 Å². The molecule has 3 rings (SSSR count). The van der Waals surface area contributed by atoms with Crippen LogP contribution in [-0.4, -0.2) is 37.2 Å². The number of guanidine groups is 1. The van der Waals surface area contributed by atoms with Crippen molar-refractivity contribution in [3.63, 3.8) is 0 Å². The molecule has 0 aliphatic heterocycles. The maximum absolute atomic E-state index is 6.05. The number of hydrogen-bond acceptors (Lipinski definition) is 5. The molecule has 0 aromatic carbocycles. The van der Waals surface area contributed by atoms with Crippen molar-refractivity contribution in [1.82, 2.24) is 15.6 Å². The van der Waals surface area contributed by atoms with Crippen LogP contribution in [0.2, 0.25) is 0 Å². The molecule has 7 heteroatoms. The normalized spacial score (nSPS) is 15.3.